The van der Waals surface area contributed by atoms with Gasteiger partial charge in [0.2, 0.25) is 0 Å². The molecule has 0 N–H and O–H groups in total. The molecule has 1 aromatic carbocycles. The number of hydrogen-bond donors (Lipinski definition) is 0. The van der Waals surface area contributed by atoms with Crippen LogP contribution >= 0.6 is 15.9 Å². The molecule has 1 aromatic rings. The summed E-state index contributed by atoms with van der Waals surface area (Å²) < 4.78 is 12.0. The maximum Gasteiger partial charge on any atom is 0.338 e. The highest BCUT2D eigenvalue weighted by Crippen LogP contribution is 2.34. The number of ether oxygens (including phenoxy) is 2. The Bertz CT molecular complexity index is 739. The Morgan fingerprint density at radius 1 is 1.15 bits per heavy atom. The molecular formula is C21H23BrO5. The smallest absolute Gasteiger partial charge is 0.338 e. The van der Waals surface area contributed by atoms with Crippen LogP contribution in [0, 0.1) is 11.8 Å². The minimum Gasteiger partial charge on any atom is -0.463 e. The molecular weight excluding hydrogens is 412 g/mol. The van der Waals surface area contributed by atoms with E-state index in [2.05, 4.69) is 15.9 Å². The lowest BCUT2D eigenvalue weighted by Crippen LogP contribution is -2.40. The molecule has 1 aliphatic heterocycles. The monoisotopic (exact) mass is 434 g/mol. The van der Waals surface area contributed by atoms with Crippen LogP contribution in [0.25, 0.3) is 0 Å². The van der Waals surface area contributed by atoms with Crippen molar-refractivity contribution in [2.24, 2.45) is 11.8 Å². The molecule has 144 valence electrons. The summed E-state index contributed by atoms with van der Waals surface area (Å²) in [4.78, 5) is 37.2. The van der Waals surface area contributed by atoms with E-state index in [-0.39, 0.29) is 36.1 Å². The maximum atomic E-state index is 12.5. The molecule has 5 nitrogen and oxygen atoms in total. The van der Waals surface area contributed by atoms with Crippen molar-refractivity contribution in [3.8, 4) is 0 Å². The third kappa shape index (κ3) is 5.06. The Kier molecular flexibility index (Phi) is 6.47. The second-order valence-electron chi connectivity index (χ2n) is 7.20. The number of hydrogen-bond acceptors (Lipinski definition) is 5. The molecule has 0 bridgehead atoms. The summed E-state index contributed by atoms with van der Waals surface area (Å²) in [6, 6.07) is 6.87. The summed E-state index contributed by atoms with van der Waals surface area (Å²) in [6.45, 7) is 1.88. The van der Waals surface area contributed by atoms with Crippen LogP contribution < -0.4 is 0 Å². The summed E-state index contributed by atoms with van der Waals surface area (Å²) >= 11 is 3.33. The van der Waals surface area contributed by atoms with Crippen molar-refractivity contribution in [1.29, 1.82) is 0 Å². The van der Waals surface area contributed by atoms with Crippen molar-refractivity contribution in [3.05, 3.63) is 46.5 Å². The third-order valence-corrected chi connectivity index (χ3v) is 5.72. The van der Waals surface area contributed by atoms with E-state index in [1.165, 1.54) is 6.08 Å². The highest BCUT2D eigenvalue weighted by Gasteiger charge is 2.39. The molecule has 4 atom stereocenters. The van der Waals surface area contributed by atoms with Crippen LogP contribution in [0.2, 0.25) is 0 Å². The van der Waals surface area contributed by atoms with Crippen molar-refractivity contribution in [2.75, 3.05) is 0 Å². The minimum atomic E-state index is -0.619. The van der Waals surface area contributed by atoms with Crippen LogP contribution in [-0.2, 0) is 19.1 Å². The first-order chi connectivity index (χ1) is 12.9. The normalized spacial score (nSPS) is 28.8. The van der Waals surface area contributed by atoms with Gasteiger partial charge in [-0.25, -0.2) is 4.79 Å². The lowest BCUT2D eigenvalue weighted by molar-refractivity contribution is -0.152. The number of ketones is 1. The fourth-order valence-electron chi connectivity index (χ4n) is 3.73. The summed E-state index contributed by atoms with van der Waals surface area (Å²) in [5.41, 5.74) is 0.427. The van der Waals surface area contributed by atoms with Crippen LogP contribution in [0.3, 0.4) is 0 Å². The van der Waals surface area contributed by atoms with Crippen molar-refractivity contribution >= 4 is 33.7 Å². The van der Waals surface area contributed by atoms with E-state index < -0.39 is 12.1 Å². The number of fused-ring (bicyclic) bond motifs is 1. The molecule has 2 aliphatic rings. The molecule has 1 saturated heterocycles. The Balaban J connectivity index is 1.79. The van der Waals surface area contributed by atoms with E-state index >= 15 is 0 Å². The van der Waals surface area contributed by atoms with Gasteiger partial charge in [0.1, 0.15) is 6.10 Å². The number of halogens is 1. The zero-order valence-corrected chi connectivity index (χ0v) is 16.8. The average Bonchev–Trinajstić information content (AvgIpc) is 2.63. The van der Waals surface area contributed by atoms with E-state index in [1.807, 2.05) is 6.92 Å². The van der Waals surface area contributed by atoms with Gasteiger partial charge in [-0.2, -0.15) is 0 Å². The third-order valence-electron chi connectivity index (χ3n) is 5.19. The molecule has 6 heteroatoms. The number of benzene rings is 1. The van der Waals surface area contributed by atoms with Gasteiger partial charge in [0.15, 0.2) is 5.78 Å². The first kappa shape index (κ1) is 19.8. The molecule has 27 heavy (non-hydrogen) atoms. The van der Waals surface area contributed by atoms with E-state index in [9.17, 15) is 14.4 Å². The Morgan fingerprint density at radius 3 is 2.59 bits per heavy atom. The highest BCUT2D eigenvalue weighted by atomic mass is 79.9. The molecule has 0 aromatic heterocycles. The van der Waals surface area contributed by atoms with Crippen molar-refractivity contribution in [1.82, 2.24) is 0 Å². The summed E-state index contributed by atoms with van der Waals surface area (Å²) in [7, 11) is 0. The molecule has 0 amide bonds. The SMILES string of the molecule is C[C@H]1CCCC[C@H]2C(=O)C=C[C@H](OC(=O)c3ccc(Br)cc3)[C@@H]2CC(=O)O1. The molecule has 0 saturated carbocycles. The quantitative estimate of drug-likeness (QED) is 0.650. The zero-order chi connectivity index (χ0) is 19.4. The fourth-order valence-corrected chi connectivity index (χ4v) is 4.00. The van der Waals surface area contributed by atoms with Crippen LogP contribution in [0.4, 0.5) is 0 Å². The summed E-state index contributed by atoms with van der Waals surface area (Å²) in [6.07, 6.45) is 5.69. The average molecular weight is 435 g/mol. The molecule has 0 unspecified atom stereocenters. The Morgan fingerprint density at radius 2 is 1.85 bits per heavy atom. The minimum absolute atomic E-state index is 0.00244. The van der Waals surface area contributed by atoms with E-state index in [1.54, 1.807) is 30.3 Å². The first-order valence-electron chi connectivity index (χ1n) is 9.32. The molecule has 1 aliphatic carbocycles. The number of esters is 2. The van der Waals surface area contributed by atoms with Crippen molar-refractivity contribution in [2.45, 2.75) is 51.2 Å². The van der Waals surface area contributed by atoms with E-state index in [4.69, 9.17) is 9.47 Å². The molecule has 3 rings (SSSR count). The van der Waals surface area contributed by atoms with Gasteiger partial charge in [0.25, 0.3) is 0 Å². The van der Waals surface area contributed by atoms with Gasteiger partial charge in [0.05, 0.1) is 18.1 Å². The number of allylic oxidation sites excluding steroid dienone is 1. The van der Waals surface area contributed by atoms with E-state index in [0.717, 1.165) is 23.7 Å². The molecule has 0 spiro atoms. The fraction of sp³-hybridized carbons (Fsp3) is 0.476. The second kappa shape index (κ2) is 8.83. The molecule has 0 radical (unpaired) electrons. The van der Waals surface area contributed by atoms with Crippen molar-refractivity contribution in [3.63, 3.8) is 0 Å². The lowest BCUT2D eigenvalue weighted by Gasteiger charge is -2.34. The van der Waals surface area contributed by atoms with Crippen LogP contribution in [-0.4, -0.2) is 29.9 Å². The van der Waals surface area contributed by atoms with Crippen LogP contribution in [0.1, 0.15) is 49.4 Å². The highest BCUT2D eigenvalue weighted by molar-refractivity contribution is 9.10. The topological polar surface area (TPSA) is 69.7 Å². The van der Waals surface area contributed by atoms with Crippen LogP contribution in [0.15, 0.2) is 40.9 Å². The number of carbonyl (C=O) groups is 3. The summed E-state index contributed by atoms with van der Waals surface area (Å²) in [5.74, 6) is -1.52. The standard InChI is InChI=1S/C21H23BrO5/c1-13-4-2-3-5-16-17(12-20(24)26-13)19(11-10-18(16)23)27-21(25)14-6-8-15(22)9-7-14/h6-11,13,16-17,19H,2-5,12H2,1H3/t13-,16+,17+,19-/m0/s1. The van der Waals surface area contributed by atoms with E-state index in [0.29, 0.717) is 12.0 Å². The van der Waals surface area contributed by atoms with Gasteiger partial charge < -0.3 is 9.47 Å². The van der Waals surface area contributed by atoms with Gasteiger partial charge in [-0.05, 0) is 62.6 Å². The van der Waals surface area contributed by atoms with Gasteiger partial charge in [-0.3, -0.25) is 9.59 Å². The number of rotatable bonds is 2. The first-order valence-corrected chi connectivity index (χ1v) is 10.1. The number of carbonyl (C=O) groups excluding carboxylic acids is 3. The maximum absolute atomic E-state index is 12.5. The lowest BCUT2D eigenvalue weighted by atomic mass is 9.75. The van der Waals surface area contributed by atoms with Crippen LogP contribution in [0.5, 0.6) is 0 Å². The second-order valence-corrected chi connectivity index (χ2v) is 8.11. The summed E-state index contributed by atoms with van der Waals surface area (Å²) in [5, 5.41) is 0. The van der Waals surface area contributed by atoms with Gasteiger partial charge in [-0.15, -0.1) is 0 Å². The zero-order valence-electron chi connectivity index (χ0n) is 15.2. The predicted molar refractivity (Wildman–Crippen MR) is 103 cm³/mol. The van der Waals surface area contributed by atoms with Gasteiger partial charge in [0, 0.05) is 16.3 Å². The Hall–Kier alpha value is -1.95. The Labute approximate surface area is 167 Å². The molecule has 1 fully saturated rings. The predicted octanol–water partition coefficient (Wildman–Crippen LogP) is 4.24. The van der Waals surface area contributed by atoms with Gasteiger partial charge in [-0.1, -0.05) is 22.4 Å². The largest absolute Gasteiger partial charge is 0.463 e. The number of cyclic esters (lactones) is 1. The van der Waals surface area contributed by atoms with Gasteiger partial charge >= 0.3 is 11.9 Å². The molecule has 1 heterocycles. The van der Waals surface area contributed by atoms with Crippen molar-refractivity contribution < 1.29 is 23.9 Å².